The van der Waals surface area contributed by atoms with Crippen molar-refractivity contribution in [2.45, 2.75) is 33.1 Å². The minimum Gasteiger partial charge on any atom is -0.198 e. The first-order chi connectivity index (χ1) is 5.14. The topological polar surface area (TPSA) is 23.8 Å². The molecule has 0 aromatic rings. The third-order valence-corrected chi connectivity index (χ3v) is 2.23. The van der Waals surface area contributed by atoms with Crippen LogP contribution in [0.2, 0.25) is 0 Å². The molecule has 1 aliphatic rings. The molecule has 11 heavy (non-hydrogen) atoms. The first-order valence-electron chi connectivity index (χ1n) is 4.19. The van der Waals surface area contributed by atoms with Crippen LogP contribution in [0.1, 0.15) is 33.1 Å². The average molecular weight is 149 g/mol. The quantitative estimate of drug-likeness (QED) is 0.526. The van der Waals surface area contributed by atoms with E-state index in [4.69, 9.17) is 5.26 Å². The Morgan fingerprint density at radius 2 is 2.36 bits per heavy atom. The molecule has 0 aliphatic heterocycles. The standard InChI is InChI=1S/C10H15N/c1-10(2)6-3-4-9(8-10)5-7-11/h3,6,9H,4-5,8H2,1-2H3. The molecule has 1 atom stereocenters. The number of nitrogens with zero attached hydrogens (tertiary/aromatic N) is 1. The van der Waals surface area contributed by atoms with E-state index in [-0.39, 0.29) is 0 Å². The van der Waals surface area contributed by atoms with Gasteiger partial charge in [-0.2, -0.15) is 5.26 Å². The molecule has 0 spiro atoms. The molecule has 1 nitrogen and oxygen atoms in total. The lowest BCUT2D eigenvalue weighted by Gasteiger charge is -2.29. The molecule has 0 aromatic carbocycles. The summed E-state index contributed by atoms with van der Waals surface area (Å²) in [6, 6.07) is 2.24. The highest BCUT2D eigenvalue weighted by atomic mass is 14.3. The third kappa shape index (κ3) is 2.38. The van der Waals surface area contributed by atoms with Crippen molar-refractivity contribution in [3.63, 3.8) is 0 Å². The SMILES string of the molecule is CC1(C)C=CCC(CC#N)C1. The summed E-state index contributed by atoms with van der Waals surface area (Å²) in [5, 5.41) is 8.51. The van der Waals surface area contributed by atoms with Crippen molar-refractivity contribution in [1.29, 1.82) is 5.26 Å². The molecular weight excluding hydrogens is 134 g/mol. The van der Waals surface area contributed by atoms with Gasteiger partial charge in [0.15, 0.2) is 0 Å². The number of nitriles is 1. The second-order valence-corrected chi connectivity index (χ2v) is 4.06. The molecule has 60 valence electrons. The summed E-state index contributed by atoms with van der Waals surface area (Å²) in [6.45, 7) is 4.46. The fourth-order valence-corrected chi connectivity index (χ4v) is 1.76. The van der Waals surface area contributed by atoms with E-state index in [9.17, 15) is 0 Å². The molecule has 1 unspecified atom stereocenters. The summed E-state index contributed by atoms with van der Waals surface area (Å²) in [4.78, 5) is 0. The molecule has 0 heterocycles. The van der Waals surface area contributed by atoms with Gasteiger partial charge in [-0.1, -0.05) is 26.0 Å². The van der Waals surface area contributed by atoms with Crippen LogP contribution in [0.3, 0.4) is 0 Å². The molecule has 1 heteroatoms. The molecule has 0 N–H and O–H groups in total. The maximum absolute atomic E-state index is 8.51. The van der Waals surface area contributed by atoms with Crippen LogP contribution in [0, 0.1) is 22.7 Å². The monoisotopic (exact) mass is 149 g/mol. The molecule has 0 bridgehead atoms. The largest absolute Gasteiger partial charge is 0.198 e. The fourth-order valence-electron chi connectivity index (χ4n) is 1.76. The Bertz CT molecular complexity index is 195. The van der Waals surface area contributed by atoms with E-state index in [2.05, 4.69) is 32.1 Å². The summed E-state index contributed by atoms with van der Waals surface area (Å²) >= 11 is 0. The highest BCUT2D eigenvalue weighted by Crippen LogP contribution is 2.34. The van der Waals surface area contributed by atoms with Gasteiger partial charge < -0.3 is 0 Å². The molecule has 0 fully saturated rings. The van der Waals surface area contributed by atoms with Gasteiger partial charge >= 0.3 is 0 Å². The summed E-state index contributed by atoms with van der Waals surface area (Å²) in [5.74, 6) is 0.597. The van der Waals surface area contributed by atoms with E-state index in [0.29, 0.717) is 17.8 Å². The van der Waals surface area contributed by atoms with Gasteiger partial charge in [-0.05, 0) is 24.2 Å². The number of allylic oxidation sites excluding steroid dienone is 2. The molecule has 1 rings (SSSR count). The van der Waals surface area contributed by atoms with Crippen molar-refractivity contribution in [1.82, 2.24) is 0 Å². The third-order valence-electron chi connectivity index (χ3n) is 2.23. The minimum absolute atomic E-state index is 0.319. The van der Waals surface area contributed by atoms with Crippen LogP contribution in [-0.2, 0) is 0 Å². The van der Waals surface area contributed by atoms with E-state index >= 15 is 0 Å². The van der Waals surface area contributed by atoms with Gasteiger partial charge in [0, 0.05) is 6.42 Å². The van der Waals surface area contributed by atoms with Gasteiger partial charge in [-0.3, -0.25) is 0 Å². The van der Waals surface area contributed by atoms with Gasteiger partial charge in [0.1, 0.15) is 0 Å². The van der Waals surface area contributed by atoms with E-state index in [0.717, 1.165) is 12.8 Å². The predicted molar refractivity (Wildman–Crippen MR) is 45.9 cm³/mol. The zero-order valence-electron chi connectivity index (χ0n) is 7.30. The highest BCUT2D eigenvalue weighted by Gasteiger charge is 2.23. The second kappa shape index (κ2) is 3.09. The lowest BCUT2D eigenvalue weighted by Crippen LogP contribution is -2.17. The van der Waals surface area contributed by atoms with E-state index < -0.39 is 0 Å². The molecule has 0 saturated carbocycles. The van der Waals surface area contributed by atoms with Crippen molar-refractivity contribution in [3.05, 3.63) is 12.2 Å². The van der Waals surface area contributed by atoms with Gasteiger partial charge in [0.2, 0.25) is 0 Å². The zero-order valence-corrected chi connectivity index (χ0v) is 7.30. The van der Waals surface area contributed by atoms with Crippen molar-refractivity contribution in [2.75, 3.05) is 0 Å². The van der Waals surface area contributed by atoms with Crippen molar-refractivity contribution < 1.29 is 0 Å². The normalized spacial score (nSPS) is 27.9. The van der Waals surface area contributed by atoms with Crippen LogP contribution >= 0.6 is 0 Å². The summed E-state index contributed by atoms with van der Waals surface area (Å²) in [7, 11) is 0. The van der Waals surface area contributed by atoms with Crippen LogP contribution in [-0.4, -0.2) is 0 Å². The number of hydrogen-bond acceptors (Lipinski definition) is 1. The van der Waals surface area contributed by atoms with Crippen LogP contribution in [0.5, 0.6) is 0 Å². The van der Waals surface area contributed by atoms with Gasteiger partial charge in [-0.15, -0.1) is 0 Å². The molecule has 0 aromatic heterocycles. The number of rotatable bonds is 1. The van der Waals surface area contributed by atoms with Crippen molar-refractivity contribution >= 4 is 0 Å². The lowest BCUT2D eigenvalue weighted by molar-refractivity contribution is 0.317. The molecule has 0 amide bonds. The van der Waals surface area contributed by atoms with Crippen molar-refractivity contribution in [3.8, 4) is 6.07 Å². The smallest absolute Gasteiger partial charge is 0.0624 e. The van der Waals surface area contributed by atoms with Crippen LogP contribution in [0.15, 0.2) is 12.2 Å². The summed E-state index contributed by atoms with van der Waals surface area (Å²) in [6.07, 6.45) is 7.45. The van der Waals surface area contributed by atoms with Crippen LogP contribution in [0.25, 0.3) is 0 Å². The van der Waals surface area contributed by atoms with Gasteiger partial charge in [-0.25, -0.2) is 0 Å². The minimum atomic E-state index is 0.319. The second-order valence-electron chi connectivity index (χ2n) is 4.06. The van der Waals surface area contributed by atoms with Crippen LogP contribution in [0.4, 0.5) is 0 Å². The van der Waals surface area contributed by atoms with E-state index in [1.807, 2.05) is 0 Å². The zero-order chi connectivity index (χ0) is 8.32. The summed E-state index contributed by atoms with van der Waals surface area (Å²) < 4.78 is 0. The molecular formula is C10H15N. The van der Waals surface area contributed by atoms with Crippen molar-refractivity contribution in [2.24, 2.45) is 11.3 Å². The van der Waals surface area contributed by atoms with Gasteiger partial charge in [0.05, 0.1) is 6.07 Å². The maximum atomic E-state index is 8.51. The Kier molecular flexibility index (Phi) is 2.34. The summed E-state index contributed by atoms with van der Waals surface area (Å²) in [5.41, 5.74) is 0.319. The average Bonchev–Trinajstić information content (AvgIpc) is 1.85. The fraction of sp³-hybridized carbons (Fsp3) is 0.700. The Morgan fingerprint density at radius 3 is 2.91 bits per heavy atom. The Hall–Kier alpha value is -0.770. The first-order valence-corrected chi connectivity index (χ1v) is 4.19. The molecule has 0 saturated heterocycles. The van der Waals surface area contributed by atoms with E-state index in [1.165, 1.54) is 0 Å². The first kappa shape index (κ1) is 8.33. The Morgan fingerprint density at radius 1 is 1.64 bits per heavy atom. The molecule has 0 radical (unpaired) electrons. The highest BCUT2D eigenvalue weighted by molar-refractivity contribution is 5.02. The number of hydrogen-bond donors (Lipinski definition) is 0. The lowest BCUT2D eigenvalue weighted by atomic mass is 9.76. The Balaban J connectivity index is 2.53. The molecule has 1 aliphatic carbocycles. The predicted octanol–water partition coefficient (Wildman–Crippen LogP) is 2.89. The van der Waals surface area contributed by atoms with Crippen LogP contribution < -0.4 is 0 Å². The maximum Gasteiger partial charge on any atom is 0.0624 e. The van der Waals surface area contributed by atoms with E-state index in [1.54, 1.807) is 0 Å². The Labute approximate surface area is 68.7 Å². The van der Waals surface area contributed by atoms with Gasteiger partial charge in [0.25, 0.3) is 0 Å².